The van der Waals surface area contributed by atoms with E-state index in [1.54, 1.807) is 31.2 Å². The second kappa shape index (κ2) is 11.1. The molecule has 1 fully saturated rings. The molecule has 0 aliphatic carbocycles. The normalized spacial score (nSPS) is 17.6. The van der Waals surface area contributed by atoms with Crippen molar-refractivity contribution >= 4 is 33.2 Å². The maximum Gasteiger partial charge on any atom is 0.346 e. The van der Waals surface area contributed by atoms with Gasteiger partial charge in [0.1, 0.15) is 33.5 Å². The Labute approximate surface area is 233 Å². The lowest BCUT2D eigenvalue weighted by Gasteiger charge is -2.29. The third kappa shape index (κ3) is 5.49. The lowest BCUT2D eigenvalue weighted by molar-refractivity contribution is -0.0591. The molecule has 0 radical (unpaired) electrons. The van der Waals surface area contributed by atoms with Crippen LogP contribution in [0.5, 0.6) is 5.88 Å². The molecule has 4 aromatic rings. The number of hydrogen-bond donors (Lipinski definition) is 1. The fourth-order valence-corrected chi connectivity index (χ4v) is 5.88. The number of aromatic nitrogens is 3. The number of benzene rings is 1. The summed E-state index contributed by atoms with van der Waals surface area (Å²) in [5.74, 6) is -1.21. The van der Waals surface area contributed by atoms with Crippen molar-refractivity contribution in [2.24, 2.45) is 0 Å². The van der Waals surface area contributed by atoms with Crippen molar-refractivity contribution in [2.45, 2.75) is 45.6 Å². The molecule has 6 rings (SSSR count). The zero-order valence-corrected chi connectivity index (χ0v) is 22.7. The summed E-state index contributed by atoms with van der Waals surface area (Å²) in [7, 11) is 0. The molecule has 40 heavy (non-hydrogen) atoms. The molecule has 11 heteroatoms. The van der Waals surface area contributed by atoms with Crippen LogP contribution in [-0.4, -0.2) is 56.3 Å². The van der Waals surface area contributed by atoms with Gasteiger partial charge in [-0.25, -0.2) is 23.5 Å². The third-order valence-electron chi connectivity index (χ3n) is 7.26. The highest BCUT2D eigenvalue weighted by Gasteiger charge is 2.25. The fourth-order valence-electron chi connectivity index (χ4n) is 4.91. The number of fused-ring (bicyclic) bond motifs is 1. The van der Waals surface area contributed by atoms with Gasteiger partial charge in [-0.05, 0) is 55.2 Å². The molecule has 1 N–H and O–H groups in total. The number of rotatable bonds is 9. The van der Waals surface area contributed by atoms with Crippen molar-refractivity contribution in [3.8, 4) is 5.88 Å². The predicted molar refractivity (Wildman–Crippen MR) is 146 cm³/mol. The number of carboxylic acids is 1. The Hall–Kier alpha value is -3.67. The molecule has 8 nitrogen and oxygen atoms in total. The summed E-state index contributed by atoms with van der Waals surface area (Å²) in [6, 6.07) is 9.42. The second-order valence-corrected chi connectivity index (χ2v) is 11.1. The molecule has 2 aliphatic rings. The van der Waals surface area contributed by atoms with Gasteiger partial charge in [0.25, 0.3) is 5.88 Å². The fraction of sp³-hybridized carbons (Fsp3) is 0.345. The van der Waals surface area contributed by atoms with Crippen molar-refractivity contribution in [3.05, 3.63) is 81.6 Å². The van der Waals surface area contributed by atoms with Crippen molar-refractivity contribution in [1.29, 1.82) is 0 Å². The first kappa shape index (κ1) is 26.5. The molecule has 5 heterocycles. The monoisotopic (exact) mass is 566 g/mol. The molecular weight excluding hydrogens is 538 g/mol. The predicted octanol–water partition coefficient (Wildman–Crippen LogP) is 5.43. The van der Waals surface area contributed by atoms with Crippen LogP contribution in [0.2, 0.25) is 0 Å². The second-order valence-electron chi connectivity index (χ2n) is 10.1. The summed E-state index contributed by atoms with van der Waals surface area (Å²) < 4.78 is 41.9. The highest BCUT2D eigenvalue weighted by molar-refractivity contribution is 7.20. The number of ether oxygens (including phenoxy) is 2. The Bertz CT molecular complexity index is 1610. The van der Waals surface area contributed by atoms with Gasteiger partial charge in [-0.3, -0.25) is 4.90 Å². The molecule has 0 spiro atoms. The Balaban J connectivity index is 1.15. The highest BCUT2D eigenvalue weighted by atomic mass is 32.1. The molecule has 1 aromatic carbocycles. The summed E-state index contributed by atoms with van der Waals surface area (Å²) in [4.78, 5) is 24.0. The smallest absolute Gasteiger partial charge is 0.346 e. The number of halogens is 2. The van der Waals surface area contributed by atoms with Gasteiger partial charge in [0.05, 0.1) is 24.9 Å². The van der Waals surface area contributed by atoms with E-state index >= 15 is 0 Å². The van der Waals surface area contributed by atoms with Crippen LogP contribution in [0, 0.1) is 18.6 Å². The van der Waals surface area contributed by atoms with Crippen LogP contribution in [0.4, 0.5) is 8.78 Å². The summed E-state index contributed by atoms with van der Waals surface area (Å²) in [5.41, 5.74) is 3.45. The molecule has 0 amide bonds. The third-order valence-corrected chi connectivity index (χ3v) is 8.40. The van der Waals surface area contributed by atoms with Crippen molar-refractivity contribution in [3.63, 3.8) is 0 Å². The van der Waals surface area contributed by atoms with E-state index in [1.165, 1.54) is 23.5 Å². The van der Waals surface area contributed by atoms with Crippen LogP contribution in [-0.2, 0) is 24.4 Å². The summed E-state index contributed by atoms with van der Waals surface area (Å²) in [6.07, 6.45) is 3.86. The van der Waals surface area contributed by atoms with E-state index < -0.39 is 17.6 Å². The Morgan fingerprint density at radius 2 is 2.05 bits per heavy atom. The summed E-state index contributed by atoms with van der Waals surface area (Å²) in [5, 5.41) is 9.40. The van der Waals surface area contributed by atoms with E-state index in [2.05, 4.69) is 20.5 Å². The molecule has 0 saturated carbocycles. The van der Waals surface area contributed by atoms with Gasteiger partial charge in [-0.1, -0.05) is 18.2 Å². The van der Waals surface area contributed by atoms with Gasteiger partial charge in [0, 0.05) is 25.3 Å². The lowest BCUT2D eigenvalue weighted by Crippen LogP contribution is -2.33. The van der Waals surface area contributed by atoms with E-state index in [0.717, 1.165) is 41.4 Å². The number of thiophene rings is 1. The zero-order valence-electron chi connectivity index (χ0n) is 21.9. The zero-order chi connectivity index (χ0) is 27.8. The van der Waals surface area contributed by atoms with Crippen LogP contribution in [0.3, 0.4) is 0 Å². The van der Waals surface area contributed by atoms with Gasteiger partial charge >= 0.3 is 5.97 Å². The SMILES string of the molecule is Cc1ccc(COc2nc(C3=CCN(Cc4nc5cc(C(=O)O)sc5n4C[C@@H]4CCO4)CC3)ccc2F)c(F)c1. The molecule has 208 valence electrons. The number of carbonyl (C=O) groups is 1. The minimum absolute atomic E-state index is 0.114. The molecule has 0 bridgehead atoms. The van der Waals surface area contributed by atoms with Crippen LogP contribution < -0.4 is 4.74 Å². The van der Waals surface area contributed by atoms with Gasteiger partial charge in [-0.2, -0.15) is 0 Å². The standard InChI is InChI=1S/C29H28F2N4O4S/c1-17-2-3-19(22(31)12-17)16-39-27-21(30)4-5-23(33-27)18-6-9-34(10-7-18)15-26-32-24-13-25(29(36)37)40-28(24)35(26)14-20-8-11-38-20/h2-6,12-13,20H,7-11,14-16H2,1H3,(H,36,37)/t20-/m0/s1. The number of pyridine rings is 1. The minimum atomic E-state index is -0.949. The van der Waals surface area contributed by atoms with E-state index in [1.807, 2.05) is 0 Å². The van der Waals surface area contributed by atoms with Crippen LogP contribution in [0.15, 0.2) is 42.5 Å². The van der Waals surface area contributed by atoms with Crippen molar-refractivity contribution in [1.82, 2.24) is 19.4 Å². The van der Waals surface area contributed by atoms with Crippen LogP contribution >= 0.6 is 11.3 Å². The molecule has 2 aliphatic heterocycles. The van der Waals surface area contributed by atoms with Crippen molar-refractivity contribution in [2.75, 3.05) is 19.7 Å². The number of carboxylic acid groups (broad SMARTS) is 1. The largest absolute Gasteiger partial charge is 0.477 e. The van der Waals surface area contributed by atoms with Crippen LogP contribution in [0.25, 0.3) is 15.9 Å². The first-order valence-electron chi connectivity index (χ1n) is 13.1. The number of hydrogen-bond acceptors (Lipinski definition) is 7. The average Bonchev–Trinajstić information content (AvgIpc) is 3.45. The first-order chi connectivity index (χ1) is 19.3. The quantitative estimate of drug-likeness (QED) is 0.289. The van der Waals surface area contributed by atoms with E-state index in [0.29, 0.717) is 42.8 Å². The maximum absolute atomic E-state index is 14.4. The number of aromatic carboxylic acids is 1. The Morgan fingerprint density at radius 1 is 1.20 bits per heavy atom. The Morgan fingerprint density at radius 3 is 2.75 bits per heavy atom. The molecular formula is C29H28F2N4O4S. The highest BCUT2D eigenvalue weighted by Crippen LogP contribution is 2.30. The number of imidazole rings is 1. The van der Waals surface area contributed by atoms with Gasteiger partial charge < -0.3 is 19.1 Å². The van der Waals surface area contributed by atoms with Gasteiger partial charge in [-0.15, -0.1) is 11.3 Å². The molecule has 1 saturated heterocycles. The molecule has 0 unspecified atom stereocenters. The lowest BCUT2D eigenvalue weighted by atomic mass is 10.0. The molecule has 1 atom stereocenters. The van der Waals surface area contributed by atoms with Crippen molar-refractivity contribution < 1.29 is 28.2 Å². The molecule has 3 aromatic heterocycles. The van der Waals surface area contributed by atoms with Gasteiger partial charge in [0.15, 0.2) is 5.82 Å². The maximum atomic E-state index is 14.4. The number of nitrogens with zero attached hydrogens (tertiary/aromatic N) is 4. The van der Waals surface area contributed by atoms with Gasteiger partial charge in [0.2, 0.25) is 0 Å². The van der Waals surface area contributed by atoms with E-state index in [-0.39, 0.29) is 23.5 Å². The topological polar surface area (TPSA) is 89.7 Å². The first-order valence-corrected chi connectivity index (χ1v) is 14.0. The Kier molecular flexibility index (Phi) is 7.35. The average molecular weight is 567 g/mol. The van der Waals surface area contributed by atoms with E-state index in [4.69, 9.17) is 14.5 Å². The minimum Gasteiger partial charge on any atom is -0.477 e. The summed E-state index contributed by atoms with van der Waals surface area (Å²) >= 11 is 1.24. The van der Waals surface area contributed by atoms with E-state index in [9.17, 15) is 18.7 Å². The van der Waals surface area contributed by atoms with Crippen LogP contribution in [0.1, 0.15) is 45.2 Å². The summed E-state index contributed by atoms with van der Waals surface area (Å²) in [6.45, 7) is 5.08. The number of aryl methyl sites for hydroxylation is 1.